The molecule has 0 saturated heterocycles. The summed E-state index contributed by atoms with van der Waals surface area (Å²) in [7, 11) is 0. The highest BCUT2D eigenvalue weighted by atomic mass is 79.9. The van der Waals surface area contributed by atoms with Gasteiger partial charge in [-0.3, -0.25) is 0 Å². The Bertz CT molecular complexity index is 435. The number of carboxylic acid groups (broad SMARTS) is 1. The molecule has 0 aliphatic rings. The van der Waals surface area contributed by atoms with Gasteiger partial charge in [-0.05, 0) is 44.8 Å². The van der Waals surface area contributed by atoms with Gasteiger partial charge in [0.2, 0.25) is 0 Å². The third kappa shape index (κ3) is 3.31. The lowest BCUT2D eigenvalue weighted by Crippen LogP contribution is -2.22. The Morgan fingerprint density at radius 3 is 2.81 bits per heavy atom. The first-order chi connectivity index (χ1) is 7.41. The van der Waals surface area contributed by atoms with E-state index in [1.807, 2.05) is 6.07 Å². The van der Waals surface area contributed by atoms with E-state index in [-0.39, 0.29) is 11.6 Å². The molecule has 1 aromatic heterocycles. The minimum absolute atomic E-state index is 0.104. The molecule has 0 aromatic carbocycles. The smallest absolute Gasteiger partial charge is 0.333 e. The molecule has 6 heteroatoms. The summed E-state index contributed by atoms with van der Waals surface area (Å²) in [6, 6.07) is 1.44. The molecule has 0 spiro atoms. The highest BCUT2D eigenvalue weighted by Crippen LogP contribution is 2.24. The molecular formula is C10H10Br2N2O2. The first kappa shape index (κ1) is 13.2. The van der Waals surface area contributed by atoms with E-state index in [2.05, 4.69) is 48.7 Å². The van der Waals surface area contributed by atoms with Gasteiger partial charge in [-0.1, -0.05) is 6.58 Å². The van der Waals surface area contributed by atoms with E-state index in [1.165, 1.54) is 0 Å². The molecule has 86 valence electrons. The van der Waals surface area contributed by atoms with Crippen LogP contribution in [0.5, 0.6) is 0 Å². The maximum Gasteiger partial charge on any atom is 0.333 e. The lowest BCUT2D eigenvalue weighted by Gasteiger charge is -2.16. The molecule has 0 saturated carbocycles. The number of nitrogens with zero attached hydrogens (tertiary/aromatic N) is 1. The van der Waals surface area contributed by atoms with Gasteiger partial charge in [-0.15, -0.1) is 0 Å². The molecule has 16 heavy (non-hydrogen) atoms. The van der Waals surface area contributed by atoms with Crippen molar-refractivity contribution in [3.05, 3.63) is 33.5 Å². The fourth-order valence-corrected chi connectivity index (χ4v) is 1.69. The Morgan fingerprint density at radius 1 is 1.62 bits per heavy atom. The predicted molar refractivity (Wildman–Crippen MR) is 69.5 cm³/mol. The first-order valence-corrected chi connectivity index (χ1v) is 6.00. The number of carbonyl (C=O) groups is 1. The van der Waals surface area contributed by atoms with Gasteiger partial charge in [0, 0.05) is 10.7 Å². The highest BCUT2D eigenvalue weighted by Gasteiger charge is 2.14. The van der Waals surface area contributed by atoms with Crippen LogP contribution < -0.4 is 5.32 Å². The molecule has 1 aromatic rings. The van der Waals surface area contributed by atoms with E-state index >= 15 is 0 Å². The lowest BCUT2D eigenvalue weighted by atomic mass is 10.1. The zero-order valence-electron chi connectivity index (χ0n) is 8.50. The van der Waals surface area contributed by atoms with E-state index in [0.29, 0.717) is 10.3 Å². The van der Waals surface area contributed by atoms with Gasteiger partial charge < -0.3 is 10.4 Å². The molecule has 1 rings (SSSR count). The topological polar surface area (TPSA) is 62.2 Å². The predicted octanol–water partition coefficient (Wildman–Crippen LogP) is 3.05. The van der Waals surface area contributed by atoms with Gasteiger partial charge in [0.05, 0.1) is 17.3 Å². The van der Waals surface area contributed by atoms with Crippen LogP contribution in [-0.4, -0.2) is 22.1 Å². The quantitative estimate of drug-likeness (QED) is 0.647. The van der Waals surface area contributed by atoms with E-state index < -0.39 is 5.97 Å². The van der Waals surface area contributed by atoms with Crippen LogP contribution in [0.4, 0.5) is 5.69 Å². The molecule has 0 bridgehead atoms. The molecule has 0 radical (unpaired) electrons. The Labute approximate surface area is 110 Å². The van der Waals surface area contributed by atoms with Crippen LogP contribution in [-0.2, 0) is 4.79 Å². The molecule has 4 nitrogen and oxygen atoms in total. The van der Waals surface area contributed by atoms with Crippen LogP contribution in [0, 0.1) is 0 Å². The number of anilines is 1. The van der Waals surface area contributed by atoms with Crippen LogP contribution in [0.3, 0.4) is 0 Å². The van der Waals surface area contributed by atoms with Crippen molar-refractivity contribution in [1.29, 1.82) is 0 Å². The fraction of sp³-hybridized carbons (Fsp3) is 0.200. The molecule has 1 unspecified atom stereocenters. The summed E-state index contributed by atoms with van der Waals surface area (Å²) in [5, 5.41) is 11.8. The number of halogens is 2. The molecule has 0 aliphatic carbocycles. The van der Waals surface area contributed by atoms with Crippen molar-refractivity contribution in [2.75, 3.05) is 5.32 Å². The van der Waals surface area contributed by atoms with Crippen LogP contribution >= 0.6 is 31.9 Å². The number of aromatic nitrogens is 1. The standard InChI is InChI=1S/C10H10Br2N2O2/c1-5(10(15)16)6(2)14-8-3-7(11)4-13-9(8)12/h3-4,6,14H,1H2,2H3,(H,15,16). The van der Waals surface area contributed by atoms with E-state index in [0.717, 1.165) is 4.47 Å². The van der Waals surface area contributed by atoms with Crippen LogP contribution in [0.25, 0.3) is 0 Å². The Balaban J connectivity index is 2.84. The van der Waals surface area contributed by atoms with Gasteiger partial charge in [0.1, 0.15) is 4.60 Å². The molecule has 1 atom stereocenters. The van der Waals surface area contributed by atoms with E-state index in [4.69, 9.17) is 5.11 Å². The number of carboxylic acids is 1. The maximum absolute atomic E-state index is 10.7. The van der Waals surface area contributed by atoms with Crippen molar-refractivity contribution in [1.82, 2.24) is 4.98 Å². The summed E-state index contributed by atoms with van der Waals surface area (Å²) in [4.78, 5) is 14.8. The fourth-order valence-electron chi connectivity index (χ4n) is 1.03. The summed E-state index contributed by atoms with van der Waals surface area (Å²) in [5.74, 6) is -1.01. The monoisotopic (exact) mass is 348 g/mol. The van der Waals surface area contributed by atoms with E-state index in [1.54, 1.807) is 13.1 Å². The maximum atomic E-state index is 10.7. The average Bonchev–Trinajstić information content (AvgIpc) is 2.22. The largest absolute Gasteiger partial charge is 0.478 e. The SMILES string of the molecule is C=C(C(=O)O)C(C)Nc1cc(Br)cnc1Br. The molecule has 0 fully saturated rings. The number of rotatable bonds is 4. The summed E-state index contributed by atoms with van der Waals surface area (Å²) in [5.41, 5.74) is 0.816. The normalized spacial score (nSPS) is 11.9. The Hall–Kier alpha value is -0.880. The van der Waals surface area contributed by atoms with Crippen molar-refractivity contribution in [3.63, 3.8) is 0 Å². The molecule has 1 heterocycles. The molecule has 0 amide bonds. The summed E-state index contributed by atoms with van der Waals surface area (Å²) < 4.78 is 1.44. The number of hydrogen-bond acceptors (Lipinski definition) is 3. The second-order valence-electron chi connectivity index (χ2n) is 3.19. The Kier molecular flexibility index (Phi) is 4.49. The zero-order chi connectivity index (χ0) is 12.3. The Morgan fingerprint density at radius 2 is 2.25 bits per heavy atom. The number of pyridine rings is 1. The van der Waals surface area contributed by atoms with Crippen molar-refractivity contribution in [3.8, 4) is 0 Å². The second kappa shape index (κ2) is 5.45. The minimum atomic E-state index is -1.01. The van der Waals surface area contributed by atoms with Crippen molar-refractivity contribution in [2.24, 2.45) is 0 Å². The van der Waals surface area contributed by atoms with Gasteiger partial charge in [0.15, 0.2) is 0 Å². The molecule has 2 N–H and O–H groups in total. The third-order valence-corrected chi connectivity index (χ3v) is 3.04. The van der Waals surface area contributed by atoms with Gasteiger partial charge in [-0.25, -0.2) is 9.78 Å². The average molecular weight is 350 g/mol. The summed E-state index contributed by atoms with van der Waals surface area (Å²) in [6.07, 6.45) is 1.64. The molecular weight excluding hydrogens is 340 g/mol. The van der Waals surface area contributed by atoms with Gasteiger partial charge in [0.25, 0.3) is 0 Å². The summed E-state index contributed by atoms with van der Waals surface area (Å²) in [6.45, 7) is 5.22. The number of aliphatic carboxylic acids is 1. The number of nitrogens with one attached hydrogen (secondary N) is 1. The van der Waals surface area contributed by atoms with Crippen molar-refractivity contribution < 1.29 is 9.90 Å². The number of hydrogen-bond donors (Lipinski definition) is 2. The first-order valence-electron chi connectivity index (χ1n) is 4.41. The van der Waals surface area contributed by atoms with Gasteiger partial charge >= 0.3 is 5.97 Å². The van der Waals surface area contributed by atoms with Crippen LogP contribution in [0.2, 0.25) is 0 Å². The van der Waals surface area contributed by atoms with Crippen molar-refractivity contribution >= 4 is 43.5 Å². The minimum Gasteiger partial charge on any atom is -0.478 e. The van der Waals surface area contributed by atoms with Crippen LogP contribution in [0.1, 0.15) is 6.92 Å². The van der Waals surface area contributed by atoms with Gasteiger partial charge in [-0.2, -0.15) is 0 Å². The van der Waals surface area contributed by atoms with E-state index in [9.17, 15) is 4.79 Å². The zero-order valence-corrected chi connectivity index (χ0v) is 11.7. The summed E-state index contributed by atoms with van der Waals surface area (Å²) >= 11 is 6.56. The van der Waals surface area contributed by atoms with Crippen LogP contribution in [0.15, 0.2) is 33.5 Å². The molecule has 0 aliphatic heterocycles. The third-order valence-electron chi connectivity index (χ3n) is 1.98. The second-order valence-corrected chi connectivity index (χ2v) is 4.86. The van der Waals surface area contributed by atoms with Crippen molar-refractivity contribution in [2.45, 2.75) is 13.0 Å². The lowest BCUT2D eigenvalue weighted by molar-refractivity contribution is -0.132. The highest BCUT2D eigenvalue weighted by molar-refractivity contribution is 9.11.